The lowest BCUT2D eigenvalue weighted by molar-refractivity contribution is 0.0827. The lowest BCUT2D eigenvalue weighted by Crippen LogP contribution is -2.21. The Balaban J connectivity index is 2.11. The minimum absolute atomic E-state index is 0.0182. The largest absolute Gasteiger partial charge is 0.345 e. The van der Waals surface area contributed by atoms with Crippen molar-refractivity contribution in [2.75, 3.05) is 14.1 Å². The number of hydrogen-bond donors (Lipinski definition) is 0. The summed E-state index contributed by atoms with van der Waals surface area (Å²) in [5.74, 6) is 0.0182. The molecular formula is C16H16N2O. The normalized spacial score (nSPS) is 10.6. The third-order valence-electron chi connectivity index (χ3n) is 2.74. The Kier molecular flexibility index (Phi) is 4.08. The van der Waals surface area contributed by atoms with Crippen LogP contribution < -0.4 is 0 Å². The second-order valence-electron chi connectivity index (χ2n) is 4.44. The summed E-state index contributed by atoms with van der Waals surface area (Å²) >= 11 is 0. The summed E-state index contributed by atoms with van der Waals surface area (Å²) in [6.07, 6.45) is 7.56. The molecule has 1 heterocycles. The molecule has 0 aliphatic heterocycles. The zero-order chi connectivity index (χ0) is 13.7. The number of hydrogen-bond acceptors (Lipinski definition) is 2. The van der Waals surface area contributed by atoms with Crippen LogP contribution in [0.3, 0.4) is 0 Å². The van der Waals surface area contributed by atoms with E-state index in [9.17, 15) is 4.79 Å². The van der Waals surface area contributed by atoms with E-state index in [0.717, 1.165) is 11.1 Å². The van der Waals surface area contributed by atoms with Crippen LogP contribution in [0.5, 0.6) is 0 Å². The van der Waals surface area contributed by atoms with Crippen molar-refractivity contribution < 1.29 is 4.79 Å². The van der Waals surface area contributed by atoms with Crippen molar-refractivity contribution in [3.8, 4) is 0 Å². The Bertz CT molecular complexity index is 571. The van der Waals surface area contributed by atoms with Gasteiger partial charge in [-0.1, -0.05) is 24.3 Å². The number of amides is 1. The molecule has 0 atom stereocenters. The molecule has 0 spiro atoms. The maximum Gasteiger partial charge on any atom is 0.253 e. The van der Waals surface area contributed by atoms with Crippen molar-refractivity contribution in [1.82, 2.24) is 9.88 Å². The minimum atomic E-state index is 0.0182. The van der Waals surface area contributed by atoms with Gasteiger partial charge >= 0.3 is 0 Å². The van der Waals surface area contributed by atoms with E-state index in [1.54, 1.807) is 31.4 Å². The van der Waals surface area contributed by atoms with E-state index in [0.29, 0.717) is 5.56 Å². The number of aromatic nitrogens is 1. The zero-order valence-electron chi connectivity index (χ0n) is 11.1. The molecule has 0 unspecified atom stereocenters. The highest BCUT2D eigenvalue weighted by molar-refractivity contribution is 5.94. The molecule has 0 radical (unpaired) electrons. The average molecular weight is 252 g/mol. The van der Waals surface area contributed by atoms with Gasteiger partial charge in [-0.25, -0.2) is 0 Å². The van der Waals surface area contributed by atoms with Crippen LogP contribution in [0, 0.1) is 0 Å². The molecule has 2 aromatic rings. The van der Waals surface area contributed by atoms with Crippen LogP contribution in [0.15, 0.2) is 48.8 Å². The van der Waals surface area contributed by atoms with Crippen LogP contribution in [0.2, 0.25) is 0 Å². The van der Waals surface area contributed by atoms with E-state index in [-0.39, 0.29) is 5.91 Å². The summed E-state index contributed by atoms with van der Waals surface area (Å²) in [7, 11) is 3.50. The van der Waals surface area contributed by atoms with Gasteiger partial charge in [0.1, 0.15) is 0 Å². The third kappa shape index (κ3) is 3.52. The highest BCUT2D eigenvalue weighted by Crippen LogP contribution is 2.10. The number of rotatable bonds is 3. The first-order chi connectivity index (χ1) is 9.16. The maximum absolute atomic E-state index is 11.7. The molecule has 3 heteroatoms. The van der Waals surface area contributed by atoms with Gasteiger partial charge in [-0.2, -0.15) is 0 Å². The van der Waals surface area contributed by atoms with Gasteiger partial charge in [0.05, 0.1) is 0 Å². The van der Waals surface area contributed by atoms with Gasteiger partial charge in [0.2, 0.25) is 0 Å². The summed E-state index contributed by atoms with van der Waals surface area (Å²) < 4.78 is 0. The number of pyridine rings is 1. The zero-order valence-corrected chi connectivity index (χ0v) is 11.1. The summed E-state index contributed by atoms with van der Waals surface area (Å²) in [5.41, 5.74) is 2.86. The molecule has 3 nitrogen and oxygen atoms in total. The van der Waals surface area contributed by atoms with Gasteiger partial charge in [0.15, 0.2) is 0 Å². The lowest BCUT2D eigenvalue weighted by atomic mass is 10.1. The van der Waals surface area contributed by atoms with E-state index >= 15 is 0 Å². The molecule has 0 bridgehead atoms. The van der Waals surface area contributed by atoms with Gasteiger partial charge in [-0.15, -0.1) is 0 Å². The van der Waals surface area contributed by atoms with Crippen molar-refractivity contribution in [2.45, 2.75) is 0 Å². The van der Waals surface area contributed by atoms with Gasteiger partial charge in [0.25, 0.3) is 5.91 Å². The Morgan fingerprint density at radius 3 is 2.00 bits per heavy atom. The number of benzene rings is 1. The second-order valence-corrected chi connectivity index (χ2v) is 4.44. The molecule has 0 N–H and O–H groups in total. The minimum Gasteiger partial charge on any atom is -0.345 e. The van der Waals surface area contributed by atoms with E-state index in [1.165, 1.54) is 0 Å². The van der Waals surface area contributed by atoms with Crippen LogP contribution in [0.1, 0.15) is 21.5 Å². The van der Waals surface area contributed by atoms with Crippen molar-refractivity contribution in [1.29, 1.82) is 0 Å². The first-order valence-corrected chi connectivity index (χ1v) is 6.06. The highest BCUT2D eigenvalue weighted by atomic mass is 16.2. The smallest absolute Gasteiger partial charge is 0.253 e. The Hall–Kier alpha value is -2.42. The molecule has 0 aliphatic rings. The molecule has 2 rings (SSSR count). The van der Waals surface area contributed by atoms with Crippen molar-refractivity contribution in [3.05, 3.63) is 65.5 Å². The van der Waals surface area contributed by atoms with E-state index < -0.39 is 0 Å². The SMILES string of the molecule is CN(C)C(=O)c1ccc(/C=C/c2ccncc2)cc1. The molecule has 0 saturated carbocycles. The van der Waals surface area contributed by atoms with E-state index in [4.69, 9.17) is 0 Å². The molecule has 19 heavy (non-hydrogen) atoms. The van der Waals surface area contributed by atoms with E-state index in [2.05, 4.69) is 4.98 Å². The van der Waals surface area contributed by atoms with E-state index in [1.807, 2.05) is 48.6 Å². The van der Waals surface area contributed by atoms with Crippen LogP contribution in [-0.2, 0) is 0 Å². The molecule has 1 aromatic heterocycles. The quantitative estimate of drug-likeness (QED) is 0.841. The predicted octanol–water partition coefficient (Wildman–Crippen LogP) is 2.95. The summed E-state index contributed by atoms with van der Waals surface area (Å²) in [4.78, 5) is 17.3. The second kappa shape index (κ2) is 5.96. The number of carbonyl (C=O) groups excluding carboxylic acids is 1. The topological polar surface area (TPSA) is 33.2 Å². The monoisotopic (exact) mass is 252 g/mol. The Morgan fingerprint density at radius 1 is 0.947 bits per heavy atom. The van der Waals surface area contributed by atoms with Crippen LogP contribution in [-0.4, -0.2) is 29.9 Å². The molecule has 1 aromatic carbocycles. The first kappa shape index (κ1) is 13.0. The highest BCUT2D eigenvalue weighted by Gasteiger charge is 2.06. The van der Waals surface area contributed by atoms with Crippen LogP contribution in [0.25, 0.3) is 12.2 Å². The maximum atomic E-state index is 11.7. The number of nitrogens with zero attached hydrogens (tertiary/aromatic N) is 2. The fraction of sp³-hybridized carbons (Fsp3) is 0.125. The van der Waals surface area contributed by atoms with Gasteiger partial charge in [-0.05, 0) is 35.4 Å². The molecule has 0 saturated heterocycles. The molecular weight excluding hydrogens is 236 g/mol. The average Bonchev–Trinajstić information content (AvgIpc) is 2.46. The molecule has 96 valence electrons. The number of carbonyl (C=O) groups is 1. The fourth-order valence-corrected chi connectivity index (χ4v) is 1.66. The molecule has 1 amide bonds. The molecule has 0 aliphatic carbocycles. The summed E-state index contributed by atoms with van der Waals surface area (Å²) in [6, 6.07) is 11.5. The predicted molar refractivity (Wildman–Crippen MR) is 77.6 cm³/mol. The standard InChI is InChI=1S/C16H16N2O/c1-18(2)16(19)15-7-5-13(6-8-15)3-4-14-9-11-17-12-10-14/h3-12H,1-2H3/b4-3+. The Morgan fingerprint density at radius 2 is 1.47 bits per heavy atom. The van der Waals surface area contributed by atoms with Gasteiger partial charge < -0.3 is 4.90 Å². The van der Waals surface area contributed by atoms with Crippen molar-refractivity contribution in [3.63, 3.8) is 0 Å². The van der Waals surface area contributed by atoms with Crippen molar-refractivity contribution >= 4 is 18.1 Å². The first-order valence-electron chi connectivity index (χ1n) is 6.06. The molecule has 0 fully saturated rings. The van der Waals surface area contributed by atoms with Crippen LogP contribution in [0.4, 0.5) is 0 Å². The van der Waals surface area contributed by atoms with Crippen LogP contribution >= 0.6 is 0 Å². The fourth-order valence-electron chi connectivity index (χ4n) is 1.66. The Labute approximate surface area is 113 Å². The van der Waals surface area contributed by atoms with Gasteiger partial charge in [-0.3, -0.25) is 9.78 Å². The summed E-state index contributed by atoms with van der Waals surface area (Å²) in [6.45, 7) is 0. The third-order valence-corrected chi connectivity index (χ3v) is 2.74. The summed E-state index contributed by atoms with van der Waals surface area (Å²) in [5, 5.41) is 0. The van der Waals surface area contributed by atoms with Gasteiger partial charge in [0, 0.05) is 32.1 Å². The lowest BCUT2D eigenvalue weighted by Gasteiger charge is -2.09. The van der Waals surface area contributed by atoms with Crippen molar-refractivity contribution in [2.24, 2.45) is 0 Å².